The molecule has 3 rings (SSSR count). The molecule has 1 aliphatic heterocycles. The minimum absolute atomic E-state index is 0.0911. The fraction of sp³-hybridized carbons (Fsp3) is 0.231. The third-order valence-corrected chi connectivity index (χ3v) is 2.90. The van der Waals surface area contributed by atoms with E-state index in [0.29, 0.717) is 12.4 Å². The van der Waals surface area contributed by atoms with Crippen molar-refractivity contribution in [1.29, 1.82) is 0 Å². The molecule has 17 heavy (non-hydrogen) atoms. The Labute approximate surface area is 99.5 Å². The molecule has 0 fully saturated rings. The zero-order chi connectivity index (χ0) is 11.8. The molecule has 0 amide bonds. The summed E-state index contributed by atoms with van der Waals surface area (Å²) < 4.78 is 5.62. The Morgan fingerprint density at radius 3 is 2.94 bits per heavy atom. The molecule has 0 radical (unpaired) electrons. The number of hydrogen-bond acceptors (Lipinski definition) is 4. The van der Waals surface area contributed by atoms with E-state index in [1.165, 1.54) is 0 Å². The number of aromatic nitrogens is 2. The number of aryl methyl sites for hydroxylation is 1. The van der Waals surface area contributed by atoms with Crippen LogP contribution in [0.4, 0.5) is 5.82 Å². The number of rotatable bonds is 1. The van der Waals surface area contributed by atoms with Gasteiger partial charge in [0.2, 0.25) is 0 Å². The van der Waals surface area contributed by atoms with Gasteiger partial charge in [0.25, 0.3) is 0 Å². The number of fused-ring (bicyclic) bond motifs is 1. The molecule has 1 atom stereocenters. The predicted molar refractivity (Wildman–Crippen MR) is 65.0 cm³/mol. The average Bonchev–Trinajstić information content (AvgIpc) is 2.71. The summed E-state index contributed by atoms with van der Waals surface area (Å²) in [5.41, 5.74) is 7.78. The maximum atomic E-state index is 5.76. The molecule has 2 aromatic rings. The van der Waals surface area contributed by atoms with Crippen molar-refractivity contribution in [3.8, 4) is 5.75 Å². The molecule has 1 aliphatic rings. The molecule has 0 saturated carbocycles. The average molecular weight is 227 g/mol. The number of nitrogen functional groups attached to an aromatic ring is 1. The second-order valence-corrected chi connectivity index (χ2v) is 4.19. The Balaban J connectivity index is 2.06. The topological polar surface area (TPSA) is 61.0 Å². The summed E-state index contributed by atoms with van der Waals surface area (Å²) in [5.74, 6) is 2.26. The Hall–Kier alpha value is -2.10. The first-order chi connectivity index (χ1) is 8.24. The lowest BCUT2D eigenvalue weighted by atomic mass is 10.0. The molecular formula is C13H13N3O. The lowest BCUT2D eigenvalue weighted by Crippen LogP contribution is -2.10. The van der Waals surface area contributed by atoms with Gasteiger partial charge in [-0.25, -0.2) is 9.97 Å². The Morgan fingerprint density at radius 1 is 1.29 bits per heavy atom. The van der Waals surface area contributed by atoms with Crippen LogP contribution in [0.3, 0.4) is 0 Å². The van der Waals surface area contributed by atoms with Crippen molar-refractivity contribution in [3.05, 3.63) is 47.4 Å². The zero-order valence-corrected chi connectivity index (χ0v) is 9.55. The van der Waals surface area contributed by atoms with Crippen LogP contribution in [0, 0.1) is 6.92 Å². The van der Waals surface area contributed by atoms with Gasteiger partial charge in [-0.05, 0) is 13.0 Å². The van der Waals surface area contributed by atoms with Crippen LogP contribution in [0.25, 0.3) is 0 Å². The van der Waals surface area contributed by atoms with Gasteiger partial charge in [-0.2, -0.15) is 0 Å². The maximum absolute atomic E-state index is 5.76. The highest BCUT2D eigenvalue weighted by molar-refractivity contribution is 5.43. The van der Waals surface area contributed by atoms with Crippen molar-refractivity contribution >= 4 is 5.82 Å². The Kier molecular flexibility index (Phi) is 2.21. The number of nitrogens with zero attached hydrogens (tertiary/aromatic N) is 2. The minimum Gasteiger partial charge on any atom is -0.492 e. The first kappa shape index (κ1) is 10.1. The van der Waals surface area contributed by atoms with E-state index in [0.717, 1.165) is 22.8 Å². The van der Waals surface area contributed by atoms with Gasteiger partial charge in [0.1, 0.15) is 24.0 Å². The summed E-state index contributed by atoms with van der Waals surface area (Å²) in [7, 11) is 0. The highest BCUT2D eigenvalue weighted by Crippen LogP contribution is 2.36. The van der Waals surface area contributed by atoms with Crippen LogP contribution in [-0.2, 0) is 0 Å². The highest BCUT2D eigenvalue weighted by Gasteiger charge is 2.27. The van der Waals surface area contributed by atoms with Crippen molar-refractivity contribution in [2.45, 2.75) is 12.8 Å². The molecule has 0 aliphatic carbocycles. The summed E-state index contributed by atoms with van der Waals surface area (Å²) in [5, 5.41) is 0. The predicted octanol–water partition coefficient (Wildman–Crippen LogP) is 1.89. The second kappa shape index (κ2) is 3.73. The number of benzene rings is 1. The fourth-order valence-electron chi connectivity index (χ4n) is 2.15. The lowest BCUT2D eigenvalue weighted by Gasteiger charge is -2.08. The first-order valence-electron chi connectivity index (χ1n) is 5.57. The molecule has 4 heteroatoms. The largest absolute Gasteiger partial charge is 0.492 e. The fourth-order valence-corrected chi connectivity index (χ4v) is 2.15. The lowest BCUT2D eigenvalue weighted by molar-refractivity contribution is 0.339. The van der Waals surface area contributed by atoms with E-state index in [1.54, 1.807) is 6.07 Å². The monoisotopic (exact) mass is 227 g/mol. The normalized spacial score (nSPS) is 17.6. The molecule has 86 valence electrons. The van der Waals surface area contributed by atoms with E-state index in [2.05, 4.69) is 16.0 Å². The van der Waals surface area contributed by atoms with E-state index < -0.39 is 0 Å². The van der Waals surface area contributed by atoms with Gasteiger partial charge in [0, 0.05) is 17.3 Å². The summed E-state index contributed by atoms with van der Waals surface area (Å²) >= 11 is 0. The molecule has 0 spiro atoms. The van der Waals surface area contributed by atoms with E-state index in [-0.39, 0.29) is 5.92 Å². The van der Waals surface area contributed by atoms with E-state index in [1.807, 2.05) is 25.1 Å². The number of ether oxygens (including phenoxy) is 1. The van der Waals surface area contributed by atoms with Crippen molar-refractivity contribution in [1.82, 2.24) is 9.97 Å². The van der Waals surface area contributed by atoms with Gasteiger partial charge in [-0.1, -0.05) is 18.2 Å². The zero-order valence-electron chi connectivity index (χ0n) is 9.55. The molecule has 0 saturated heterocycles. The quantitative estimate of drug-likeness (QED) is 0.808. The maximum Gasteiger partial charge on any atom is 0.142 e. The van der Waals surface area contributed by atoms with Gasteiger partial charge in [-0.15, -0.1) is 0 Å². The van der Waals surface area contributed by atoms with Gasteiger partial charge in [-0.3, -0.25) is 0 Å². The van der Waals surface area contributed by atoms with Crippen molar-refractivity contribution in [2.24, 2.45) is 0 Å². The van der Waals surface area contributed by atoms with Crippen LogP contribution in [0.1, 0.15) is 23.0 Å². The van der Waals surface area contributed by atoms with Crippen LogP contribution >= 0.6 is 0 Å². The van der Waals surface area contributed by atoms with Crippen LogP contribution in [0.2, 0.25) is 0 Å². The standard InChI is InChI=1S/C13H13N3O/c1-8-6-12(14)16-13(15-8)10-7-17-11-5-3-2-4-9(10)11/h2-6,10H,7H2,1H3,(H2,14,15,16). The van der Waals surface area contributed by atoms with Crippen LogP contribution in [-0.4, -0.2) is 16.6 Å². The first-order valence-corrected chi connectivity index (χ1v) is 5.57. The van der Waals surface area contributed by atoms with Crippen LogP contribution in [0.15, 0.2) is 30.3 Å². The molecule has 2 N–H and O–H groups in total. The molecule has 1 aromatic heterocycles. The molecule has 0 bridgehead atoms. The Bertz CT molecular complexity index is 548. The van der Waals surface area contributed by atoms with Gasteiger partial charge in [0.15, 0.2) is 0 Å². The van der Waals surface area contributed by atoms with E-state index in [9.17, 15) is 0 Å². The summed E-state index contributed by atoms with van der Waals surface area (Å²) in [4.78, 5) is 8.75. The molecular weight excluding hydrogens is 214 g/mol. The number of anilines is 1. The van der Waals surface area contributed by atoms with E-state index in [4.69, 9.17) is 10.5 Å². The SMILES string of the molecule is Cc1cc(N)nc(C2COc3ccccc32)n1. The van der Waals surface area contributed by atoms with Crippen molar-refractivity contribution in [3.63, 3.8) is 0 Å². The van der Waals surface area contributed by atoms with Gasteiger partial charge in [0.05, 0.1) is 5.92 Å². The second-order valence-electron chi connectivity index (χ2n) is 4.19. The molecule has 4 nitrogen and oxygen atoms in total. The van der Waals surface area contributed by atoms with Crippen molar-refractivity contribution < 1.29 is 4.74 Å². The highest BCUT2D eigenvalue weighted by atomic mass is 16.5. The number of nitrogens with two attached hydrogens (primary N) is 1. The Morgan fingerprint density at radius 2 is 2.12 bits per heavy atom. The van der Waals surface area contributed by atoms with Gasteiger partial charge >= 0.3 is 0 Å². The molecule has 1 aromatic carbocycles. The number of para-hydroxylation sites is 1. The van der Waals surface area contributed by atoms with Crippen LogP contribution < -0.4 is 10.5 Å². The summed E-state index contributed by atoms with van der Waals surface area (Å²) in [6.45, 7) is 2.51. The van der Waals surface area contributed by atoms with Crippen molar-refractivity contribution in [2.75, 3.05) is 12.3 Å². The third-order valence-electron chi connectivity index (χ3n) is 2.90. The number of hydrogen-bond donors (Lipinski definition) is 1. The third kappa shape index (κ3) is 1.71. The van der Waals surface area contributed by atoms with Crippen LogP contribution in [0.5, 0.6) is 5.75 Å². The minimum atomic E-state index is 0.0911. The summed E-state index contributed by atoms with van der Waals surface area (Å²) in [6, 6.07) is 9.75. The smallest absolute Gasteiger partial charge is 0.142 e. The molecule has 1 unspecified atom stereocenters. The van der Waals surface area contributed by atoms with E-state index >= 15 is 0 Å². The summed E-state index contributed by atoms with van der Waals surface area (Å²) in [6.07, 6.45) is 0. The molecule has 2 heterocycles. The van der Waals surface area contributed by atoms with Gasteiger partial charge < -0.3 is 10.5 Å².